The van der Waals surface area contributed by atoms with E-state index in [0.29, 0.717) is 26.2 Å². The van der Waals surface area contributed by atoms with E-state index in [9.17, 15) is 17.6 Å². The molecule has 112 valence electrons. The fourth-order valence-corrected chi connectivity index (χ4v) is 2.64. The van der Waals surface area contributed by atoms with Crippen molar-refractivity contribution < 1.29 is 17.6 Å². The van der Waals surface area contributed by atoms with Gasteiger partial charge >= 0.3 is 6.18 Å². The van der Waals surface area contributed by atoms with E-state index in [2.05, 4.69) is 5.32 Å². The molecule has 0 bridgehead atoms. The molecule has 2 rings (SSSR count). The third-order valence-electron chi connectivity index (χ3n) is 3.56. The van der Waals surface area contributed by atoms with Crippen molar-refractivity contribution in [3.05, 3.63) is 34.1 Å². The lowest BCUT2D eigenvalue weighted by Gasteiger charge is -2.34. The number of alkyl halides is 3. The smallest absolute Gasteiger partial charge is 0.314 e. The van der Waals surface area contributed by atoms with Gasteiger partial charge in [-0.1, -0.05) is 11.6 Å². The van der Waals surface area contributed by atoms with Crippen LogP contribution < -0.4 is 5.32 Å². The summed E-state index contributed by atoms with van der Waals surface area (Å²) < 4.78 is 53.3. The van der Waals surface area contributed by atoms with E-state index in [1.165, 1.54) is 0 Å². The highest BCUT2D eigenvalue weighted by Gasteiger charge is 2.38. The maximum atomic E-state index is 14.1. The molecule has 0 unspecified atom stereocenters. The molecule has 1 aliphatic heterocycles. The average molecular weight is 311 g/mol. The van der Waals surface area contributed by atoms with E-state index in [4.69, 9.17) is 11.6 Å². The Morgan fingerprint density at radius 3 is 2.40 bits per heavy atom. The molecule has 2 nitrogen and oxygen atoms in total. The van der Waals surface area contributed by atoms with Crippen molar-refractivity contribution in [2.75, 3.05) is 26.2 Å². The third-order valence-corrected chi connectivity index (χ3v) is 3.85. The summed E-state index contributed by atoms with van der Waals surface area (Å²) >= 11 is 5.65. The molecule has 1 aliphatic rings. The molecule has 1 aromatic rings. The Hall–Kier alpha value is -0.850. The molecular formula is C13H15ClF4N2. The number of rotatable bonds is 2. The topological polar surface area (TPSA) is 15.3 Å². The van der Waals surface area contributed by atoms with Crippen LogP contribution in [0.3, 0.4) is 0 Å². The lowest BCUT2D eigenvalue weighted by molar-refractivity contribution is -0.139. The van der Waals surface area contributed by atoms with Gasteiger partial charge in [0.25, 0.3) is 0 Å². The van der Waals surface area contributed by atoms with Gasteiger partial charge in [-0.05, 0) is 19.1 Å². The third kappa shape index (κ3) is 3.07. The average Bonchev–Trinajstić information content (AvgIpc) is 2.40. The quantitative estimate of drug-likeness (QED) is 0.842. The number of hydrogen-bond donors (Lipinski definition) is 1. The number of benzene rings is 1. The Kier molecular flexibility index (Phi) is 4.56. The van der Waals surface area contributed by atoms with E-state index in [0.717, 1.165) is 12.1 Å². The first-order valence-electron chi connectivity index (χ1n) is 6.32. The zero-order valence-corrected chi connectivity index (χ0v) is 11.7. The van der Waals surface area contributed by atoms with Gasteiger partial charge in [0.2, 0.25) is 0 Å². The molecule has 1 N–H and O–H groups in total. The predicted octanol–water partition coefficient (Wildman–Crippen LogP) is 3.46. The number of nitrogens with one attached hydrogen (secondary N) is 1. The maximum Gasteiger partial charge on any atom is 0.416 e. The molecule has 1 aromatic carbocycles. The van der Waals surface area contributed by atoms with Crippen LogP contribution in [-0.4, -0.2) is 31.1 Å². The number of hydrogen-bond acceptors (Lipinski definition) is 2. The molecule has 1 heterocycles. The molecule has 0 radical (unpaired) electrons. The summed E-state index contributed by atoms with van der Waals surface area (Å²) in [5, 5.41) is 2.83. The molecule has 0 spiro atoms. The summed E-state index contributed by atoms with van der Waals surface area (Å²) in [6.45, 7) is 4.08. The zero-order valence-electron chi connectivity index (χ0n) is 10.9. The Morgan fingerprint density at radius 2 is 1.85 bits per heavy atom. The van der Waals surface area contributed by atoms with Crippen molar-refractivity contribution in [1.82, 2.24) is 10.2 Å². The van der Waals surface area contributed by atoms with Crippen molar-refractivity contribution in [2.45, 2.75) is 19.1 Å². The van der Waals surface area contributed by atoms with Gasteiger partial charge in [0, 0.05) is 37.8 Å². The second kappa shape index (κ2) is 5.87. The van der Waals surface area contributed by atoms with Crippen LogP contribution in [0.4, 0.5) is 17.6 Å². The van der Waals surface area contributed by atoms with Gasteiger partial charge in [0.05, 0.1) is 10.6 Å². The second-order valence-electron chi connectivity index (χ2n) is 4.78. The fraction of sp³-hybridized carbons (Fsp3) is 0.538. The van der Waals surface area contributed by atoms with Gasteiger partial charge in [0.1, 0.15) is 5.82 Å². The van der Waals surface area contributed by atoms with Crippen LogP contribution in [0.2, 0.25) is 5.02 Å². The fourth-order valence-electron chi connectivity index (χ4n) is 2.47. The molecule has 1 fully saturated rings. The Balaban J connectivity index is 2.44. The molecule has 1 atom stereocenters. The van der Waals surface area contributed by atoms with Crippen molar-refractivity contribution >= 4 is 11.6 Å². The highest BCUT2D eigenvalue weighted by molar-refractivity contribution is 6.30. The normalized spacial score (nSPS) is 19.1. The van der Waals surface area contributed by atoms with Crippen LogP contribution >= 0.6 is 11.6 Å². The first-order chi connectivity index (χ1) is 9.32. The van der Waals surface area contributed by atoms with Crippen LogP contribution in [0, 0.1) is 5.82 Å². The standard InChI is InChI=1S/C13H15ClF4N2/c1-8(20-6-4-19-5-7-20)11-9(13(16,17)18)2-3-10(14)12(11)15/h2-3,8,19H,4-7H2,1H3/t8-/m0/s1. The van der Waals surface area contributed by atoms with Gasteiger partial charge in [0.15, 0.2) is 0 Å². The van der Waals surface area contributed by atoms with E-state index in [1.807, 2.05) is 4.90 Å². The first-order valence-corrected chi connectivity index (χ1v) is 6.70. The number of nitrogens with zero attached hydrogens (tertiary/aromatic N) is 1. The predicted molar refractivity (Wildman–Crippen MR) is 69.3 cm³/mol. The van der Waals surface area contributed by atoms with E-state index in [-0.39, 0.29) is 10.6 Å². The Bertz CT molecular complexity index is 484. The molecule has 1 saturated heterocycles. The zero-order chi connectivity index (χ0) is 14.9. The molecule has 0 aromatic heterocycles. The molecule has 20 heavy (non-hydrogen) atoms. The molecule has 0 saturated carbocycles. The van der Waals surface area contributed by atoms with Gasteiger partial charge in [-0.2, -0.15) is 13.2 Å². The highest BCUT2D eigenvalue weighted by atomic mass is 35.5. The molecule has 0 aliphatic carbocycles. The van der Waals surface area contributed by atoms with Gasteiger partial charge < -0.3 is 5.32 Å². The highest BCUT2D eigenvalue weighted by Crippen LogP contribution is 2.39. The number of piperazine rings is 1. The maximum absolute atomic E-state index is 14.1. The van der Waals surface area contributed by atoms with Crippen molar-refractivity contribution in [3.8, 4) is 0 Å². The summed E-state index contributed by atoms with van der Waals surface area (Å²) in [5.41, 5.74) is -1.32. The van der Waals surface area contributed by atoms with Gasteiger partial charge in [-0.3, -0.25) is 4.90 Å². The Morgan fingerprint density at radius 1 is 1.25 bits per heavy atom. The van der Waals surface area contributed by atoms with Crippen LogP contribution in [0.15, 0.2) is 12.1 Å². The van der Waals surface area contributed by atoms with Gasteiger partial charge in [-0.25, -0.2) is 4.39 Å². The number of halogens is 5. The first kappa shape index (κ1) is 15.5. The summed E-state index contributed by atoms with van der Waals surface area (Å²) in [6, 6.07) is 1.13. The van der Waals surface area contributed by atoms with Crippen LogP contribution in [0.5, 0.6) is 0 Å². The summed E-state index contributed by atoms with van der Waals surface area (Å²) in [7, 11) is 0. The largest absolute Gasteiger partial charge is 0.416 e. The van der Waals surface area contributed by atoms with Crippen LogP contribution in [-0.2, 0) is 6.18 Å². The Labute approximate surface area is 119 Å². The molecule has 0 amide bonds. The lowest BCUT2D eigenvalue weighted by atomic mass is 9.98. The minimum absolute atomic E-state index is 0.282. The minimum atomic E-state index is -4.59. The van der Waals surface area contributed by atoms with E-state index in [1.54, 1.807) is 6.92 Å². The van der Waals surface area contributed by atoms with E-state index >= 15 is 0 Å². The summed E-state index contributed by atoms with van der Waals surface area (Å²) in [4.78, 5) is 1.82. The van der Waals surface area contributed by atoms with Gasteiger partial charge in [-0.15, -0.1) is 0 Å². The van der Waals surface area contributed by atoms with Crippen molar-refractivity contribution in [1.29, 1.82) is 0 Å². The lowest BCUT2D eigenvalue weighted by Crippen LogP contribution is -2.45. The second-order valence-corrected chi connectivity index (χ2v) is 5.19. The van der Waals surface area contributed by atoms with Crippen LogP contribution in [0.1, 0.15) is 24.1 Å². The summed E-state index contributed by atoms with van der Waals surface area (Å²) in [5.74, 6) is -0.979. The van der Waals surface area contributed by atoms with Crippen molar-refractivity contribution in [3.63, 3.8) is 0 Å². The minimum Gasteiger partial charge on any atom is -0.314 e. The van der Waals surface area contributed by atoms with Crippen molar-refractivity contribution in [2.24, 2.45) is 0 Å². The molecular weight excluding hydrogens is 296 g/mol. The summed E-state index contributed by atoms with van der Waals surface area (Å²) in [6.07, 6.45) is -4.59. The molecule has 7 heteroatoms. The SMILES string of the molecule is C[C@@H](c1c(C(F)(F)F)ccc(Cl)c1F)N1CCNCC1. The van der Waals surface area contributed by atoms with Crippen LogP contribution in [0.25, 0.3) is 0 Å². The monoisotopic (exact) mass is 310 g/mol. The van der Waals surface area contributed by atoms with E-state index < -0.39 is 23.6 Å².